The Bertz CT molecular complexity index is 1090. The molecule has 1 saturated heterocycles. The quantitative estimate of drug-likeness (QED) is 0.647. The van der Waals surface area contributed by atoms with E-state index in [1.165, 1.54) is 29.4 Å². The zero-order valence-corrected chi connectivity index (χ0v) is 17.8. The van der Waals surface area contributed by atoms with Crippen LogP contribution in [0.5, 0.6) is 0 Å². The Hall–Kier alpha value is -2.04. The molecule has 4 nitrogen and oxygen atoms in total. The molecule has 2 N–H and O–H groups in total. The Morgan fingerprint density at radius 1 is 1.18 bits per heavy atom. The maximum Gasteiger partial charge on any atom is 0.269 e. The minimum absolute atomic E-state index is 0.154. The molecular formula is C23H28ClN3O. The van der Waals surface area contributed by atoms with Gasteiger partial charge < -0.3 is 14.9 Å². The molecule has 0 spiro atoms. The molecule has 2 aromatic heterocycles. The number of nitrogens with zero attached hydrogens (tertiary/aromatic N) is 1. The molecule has 1 aliphatic rings. The highest BCUT2D eigenvalue weighted by molar-refractivity contribution is 6.30. The largest absolute Gasteiger partial charge is 0.354 e. The van der Waals surface area contributed by atoms with E-state index in [9.17, 15) is 4.79 Å². The van der Waals surface area contributed by atoms with Crippen molar-refractivity contribution in [3.63, 3.8) is 0 Å². The van der Waals surface area contributed by atoms with Gasteiger partial charge in [0.1, 0.15) is 5.02 Å². The minimum Gasteiger partial charge on any atom is -0.354 e. The van der Waals surface area contributed by atoms with Crippen molar-refractivity contribution in [1.29, 1.82) is 0 Å². The third-order valence-electron chi connectivity index (χ3n) is 6.19. The first-order valence-corrected chi connectivity index (χ1v) is 10.5. The molecule has 5 heteroatoms. The van der Waals surface area contributed by atoms with Gasteiger partial charge in [-0.05, 0) is 74.0 Å². The second kappa shape index (κ2) is 7.41. The predicted octanol–water partition coefficient (Wildman–Crippen LogP) is 5.09. The van der Waals surface area contributed by atoms with E-state index in [4.69, 9.17) is 11.6 Å². The van der Waals surface area contributed by atoms with E-state index in [0.29, 0.717) is 11.8 Å². The van der Waals surface area contributed by atoms with Crippen LogP contribution >= 0.6 is 11.6 Å². The molecule has 148 valence electrons. The highest BCUT2D eigenvalue weighted by Crippen LogP contribution is 2.39. The number of fused-ring (bicyclic) bond motifs is 1. The van der Waals surface area contributed by atoms with Crippen LogP contribution in [0.2, 0.25) is 5.02 Å². The van der Waals surface area contributed by atoms with Gasteiger partial charge in [0.05, 0.1) is 5.69 Å². The molecular weight excluding hydrogens is 370 g/mol. The Morgan fingerprint density at radius 2 is 1.89 bits per heavy atom. The van der Waals surface area contributed by atoms with E-state index in [1.54, 1.807) is 11.6 Å². The Labute approximate surface area is 170 Å². The predicted molar refractivity (Wildman–Crippen MR) is 118 cm³/mol. The Balaban J connectivity index is 1.93. The molecule has 0 unspecified atom stereocenters. The summed E-state index contributed by atoms with van der Waals surface area (Å²) in [5.41, 5.74) is 6.69. The van der Waals surface area contributed by atoms with E-state index in [2.05, 4.69) is 42.3 Å². The Kier molecular flexibility index (Phi) is 5.11. The van der Waals surface area contributed by atoms with E-state index >= 15 is 0 Å². The summed E-state index contributed by atoms with van der Waals surface area (Å²) in [5, 5.41) is 4.99. The molecule has 3 heterocycles. The molecule has 0 aliphatic carbocycles. The van der Waals surface area contributed by atoms with Gasteiger partial charge >= 0.3 is 0 Å². The van der Waals surface area contributed by atoms with Crippen molar-refractivity contribution >= 4 is 22.5 Å². The van der Waals surface area contributed by atoms with Crippen molar-refractivity contribution in [3.8, 4) is 11.3 Å². The van der Waals surface area contributed by atoms with Crippen molar-refractivity contribution in [2.75, 3.05) is 13.1 Å². The molecule has 28 heavy (non-hydrogen) atoms. The molecule has 0 saturated carbocycles. The molecule has 1 fully saturated rings. The van der Waals surface area contributed by atoms with Crippen molar-refractivity contribution in [3.05, 3.63) is 56.5 Å². The van der Waals surface area contributed by atoms with Crippen LogP contribution in [0.1, 0.15) is 55.3 Å². The monoisotopic (exact) mass is 397 g/mol. The lowest BCUT2D eigenvalue weighted by atomic mass is 9.88. The van der Waals surface area contributed by atoms with Crippen LogP contribution in [-0.4, -0.2) is 22.6 Å². The molecule has 3 aromatic rings. The van der Waals surface area contributed by atoms with Crippen LogP contribution in [-0.2, 0) is 7.05 Å². The maximum absolute atomic E-state index is 12.2. The molecule has 1 aromatic carbocycles. The fraction of sp³-hybridized carbons (Fsp3) is 0.435. The van der Waals surface area contributed by atoms with E-state index in [1.807, 2.05) is 13.0 Å². The summed E-state index contributed by atoms with van der Waals surface area (Å²) in [7, 11) is 1.78. The topological polar surface area (TPSA) is 49.8 Å². The lowest BCUT2D eigenvalue weighted by Gasteiger charge is -2.23. The molecule has 0 bridgehead atoms. The number of hydrogen-bond donors (Lipinski definition) is 2. The van der Waals surface area contributed by atoms with Crippen LogP contribution in [0.3, 0.4) is 0 Å². The number of aromatic amines is 1. The van der Waals surface area contributed by atoms with Crippen molar-refractivity contribution < 1.29 is 0 Å². The normalized spacial score (nSPS) is 15.6. The Morgan fingerprint density at radius 3 is 2.57 bits per heavy atom. The highest BCUT2D eigenvalue weighted by Gasteiger charge is 2.22. The first-order chi connectivity index (χ1) is 13.4. The van der Waals surface area contributed by atoms with E-state index < -0.39 is 0 Å². The summed E-state index contributed by atoms with van der Waals surface area (Å²) in [6, 6.07) is 8.66. The van der Waals surface area contributed by atoms with Gasteiger partial charge in [-0.1, -0.05) is 31.5 Å². The van der Waals surface area contributed by atoms with Crippen LogP contribution < -0.4 is 10.9 Å². The van der Waals surface area contributed by atoms with Crippen molar-refractivity contribution in [2.45, 2.75) is 45.4 Å². The highest BCUT2D eigenvalue weighted by atomic mass is 35.5. The number of H-pyrrole nitrogens is 1. The number of nitrogens with one attached hydrogen (secondary N) is 2. The van der Waals surface area contributed by atoms with Gasteiger partial charge in [-0.15, -0.1) is 0 Å². The fourth-order valence-corrected chi connectivity index (χ4v) is 4.73. The SMILES string of the molecule is Cc1c(-c2[nH]c3ccc(C4CCNCC4)cc3c2C(C)C)cc(Cl)c(=O)n1C. The van der Waals surface area contributed by atoms with E-state index in [0.717, 1.165) is 35.6 Å². The lowest BCUT2D eigenvalue weighted by Crippen LogP contribution is -2.26. The minimum atomic E-state index is -0.154. The van der Waals surface area contributed by atoms with Gasteiger partial charge in [-0.2, -0.15) is 0 Å². The zero-order chi connectivity index (χ0) is 20.0. The molecule has 0 atom stereocenters. The van der Waals surface area contributed by atoms with Gasteiger partial charge in [-0.25, -0.2) is 0 Å². The van der Waals surface area contributed by atoms with Gasteiger partial charge in [0.2, 0.25) is 0 Å². The van der Waals surface area contributed by atoms with E-state index in [-0.39, 0.29) is 10.6 Å². The first-order valence-electron chi connectivity index (χ1n) is 10.1. The van der Waals surface area contributed by atoms with Crippen LogP contribution in [0.25, 0.3) is 22.2 Å². The van der Waals surface area contributed by atoms with Crippen LogP contribution in [0.4, 0.5) is 0 Å². The second-order valence-corrected chi connectivity index (χ2v) is 8.66. The summed E-state index contributed by atoms with van der Waals surface area (Å²) >= 11 is 6.25. The number of rotatable bonds is 3. The molecule has 1 aliphatic heterocycles. The zero-order valence-electron chi connectivity index (χ0n) is 17.0. The smallest absolute Gasteiger partial charge is 0.269 e. The fourth-order valence-electron chi connectivity index (χ4n) is 4.49. The number of halogens is 1. The summed E-state index contributed by atoms with van der Waals surface area (Å²) in [6.45, 7) is 8.61. The maximum atomic E-state index is 12.2. The second-order valence-electron chi connectivity index (χ2n) is 8.25. The van der Waals surface area contributed by atoms with Crippen molar-refractivity contribution in [1.82, 2.24) is 14.9 Å². The van der Waals surface area contributed by atoms with Crippen LogP contribution in [0, 0.1) is 6.92 Å². The average Bonchev–Trinajstić information content (AvgIpc) is 3.08. The van der Waals surface area contributed by atoms with Crippen LogP contribution in [0.15, 0.2) is 29.1 Å². The van der Waals surface area contributed by atoms with Gasteiger partial charge in [0.15, 0.2) is 0 Å². The summed E-state index contributed by atoms with van der Waals surface area (Å²) in [4.78, 5) is 15.8. The molecule has 4 rings (SSSR count). The molecule has 0 amide bonds. The number of aromatic nitrogens is 2. The first kappa shape index (κ1) is 19.3. The van der Waals surface area contributed by atoms with Crippen molar-refractivity contribution in [2.24, 2.45) is 7.05 Å². The number of hydrogen-bond acceptors (Lipinski definition) is 2. The third kappa shape index (κ3) is 3.19. The lowest BCUT2D eigenvalue weighted by molar-refractivity contribution is 0.460. The van der Waals surface area contributed by atoms with Gasteiger partial charge in [0, 0.05) is 29.2 Å². The third-order valence-corrected chi connectivity index (χ3v) is 6.46. The summed E-state index contributed by atoms with van der Waals surface area (Å²) < 4.78 is 1.63. The summed E-state index contributed by atoms with van der Waals surface area (Å²) in [5.74, 6) is 0.972. The standard InChI is InChI=1S/C23H28ClN3O/c1-13(2)21-18-11-16(15-7-9-25-10-8-15)5-6-20(18)26-22(21)17-12-19(24)23(28)27(4)14(17)3/h5-6,11-13,15,25-26H,7-10H2,1-4H3. The molecule has 0 radical (unpaired) electrons. The summed E-state index contributed by atoms with van der Waals surface area (Å²) in [6.07, 6.45) is 2.38. The number of benzene rings is 1. The average molecular weight is 398 g/mol. The van der Waals surface area contributed by atoms with Gasteiger partial charge in [0.25, 0.3) is 5.56 Å². The number of pyridine rings is 1. The van der Waals surface area contributed by atoms with Gasteiger partial charge in [-0.3, -0.25) is 4.79 Å². The number of piperidine rings is 1.